The molecule has 106 valence electrons. The van der Waals surface area contributed by atoms with Crippen LogP contribution in [0, 0.1) is 6.92 Å². The zero-order chi connectivity index (χ0) is 13.9. The minimum absolute atomic E-state index is 0.211. The maximum Gasteiger partial charge on any atom is 0.339 e. The van der Waals surface area contributed by atoms with Crippen molar-refractivity contribution >= 4 is 5.97 Å². The van der Waals surface area contributed by atoms with Gasteiger partial charge in [0.15, 0.2) is 0 Å². The maximum atomic E-state index is 10.9. The van der Waals surface area contributed by atoms with Crippen LogP contribution in [0.15, 0.2) is 10.5 Å². The Kier molecular flexibility index (Phi) is 4.24. The average molecular weight is 269 g/mol. The highest BCUT2D eigenvalue weighted by molar-refractivity contribution is 5.88. The van der Waals surface area contributed by atoms with Crippen LogP contribution in [0.4, 0.5) is 0 Å². The number of hydrogen-bond donors (Lipinski definition) is 2. The number of aromatic carboxylic acids is 1. The normalized spacial score (nSPS) is 22.8. The lowest BCUT2D eigenvalue weighted by atomic mass is 10.0. The first kappa shape index (κ1) is 14.0. The predicted octanol–water partition coefficient (Wildman–Crippen LogP) is 1.18. The molecule has 1 atom stereocenters. The molecule has 1 aromatic rings. The van der Waals surface area contributed by atoms with Crippen molar-refractivity contribution in [1.82, 2.24) is 5.32 Å². The fraction of sp³-hybridized carbons (Fsp3) is 0.615. The third-order valence-corrected chi connectivity index (χ3v) is 3.45. The van der Waals surface area contributed by atoms with Crippen LogP contribution in [0.1, 0.15) is 28.3 Å². The smallest absolute Gasteiger partial charge is 0.339 e. The van der Waals surface area contributed by atoms with Crippen molar-refractivity contribution in [2.45, 2.75) is 25.5 Å². The highest BCUT2D eigenvalue weighted by atomic mass is 16.5. The summed E-state index contributed by atoms with van der Waals surface area (Å²) in [5.41, 5.74) is -0.0699. The van der Waals surface area contributed by atoms with Crippen LogP contribution in [-0.2, 0) is 16.0 Å². The zero-order valence-electron chi connectivity index (χ0n) is 11.2. The van der Waals surface area contributed by atoms with Crippen molar-refractivity contribution in [2.24, 2.45) is 0 Å². The summed E-state index contributed by atoms with van der Waals surface area (Å²) in [6, 6.07) is 1.55. The van der Waals surface area contributed by atoms with Gasteiger partial charge in [-0.05, 0) is 13.0 Å². The third-order valence-electron chi connectivity index (χ3n) is 3.45. The van der Waals surface area contributed by atoms with Gasteiger partial charge in [-0.2, -0.15) is 0 Å². The Balaban J connectivity index is 1.89. The van der Waals surface area contributed by atoms with Gasteiger partial charge < -0.3 is 24.3 Å². The van der Waals surface area contributed by atoms with Crippen LogP contribution >= 0.6 is 0 Å². The Hall–Kier alpha value is -1.37. The van der Waals surface area contributed by atoms with Crippen molar-refractivity contribution in [1.29, 1.82) is 0 Å². The molecule has 19 heavy (non-hydrogen) atoms. The molecule has 1 aliphatic rings. The molecule has 0 aliphatic carbocycles. The summed E-state index contributed by atoms with van der Waals surface area (Å²) >= 11 is 0. The Bertz CT molecular complexity index is 448. The van der Waals surface area contributed by atoms with E-state index in [2.05, 4.69) is 5.32 Å². The first-order valence-electron chi connectivity index (χ1n) is 6.22. The lowest BCUT2D eigenvalue weighted by Gasteiger charge is -2.25. The van der Waals surface area contributed by atoms with E-state index in [1.54, 1.807) is 20.1 Å². The molecule has 6 nitrogen and oxygen atoms in total. The fourth-order valence-corrected chi connectivity index (χ4v) is 2.22. The summed E-state index contributed by atoms with van der Waals surface area (Å²) in [7, 11) is 1.68. The molecule has 0 radical (unpaired) electrons. The van der Waals surface area contributed by atoms with Crippen LogP contribution < -0.4 is 5.32 Å². The fourth-order valence-electron chi connectivity index (χ4n) is 2.22. The van der Waals surface area contributed by atoms with Crippen molar-refractivity contribution in [3.63, 3.8) is 0 Å². The highest BCUT2D eigenvalue weighted by Crippen LogP contribution is 2.22. The molecular formula is C13H19NO5. The predicted molar refractivity (Wildman–Crippen MR) is 67.3 cm³/mol. The molecule has 0 amide bonds. The van der Waals surface area contributed by atoms with Crippen LogP contribution in [-0.4, -0.2) is 43.5 Å². The van der Waals surface area contributed by atoms with Gasteiger partial charge in [0.1, 0.15) is 22.7 Å². The van der Waals surface area contributed by atoms with Gasteiger partial charge in [-0.1, -0.05) is 0 Å². The van der Waals surface area contributed by atoms with Gasteiger partial charge in [0, 0.05) is 26.7 Å². The first-order chi connectivity index (χ1) is 9.06. The molecule has 6 heteroatoms. The molecule has 0 aromatic carbocycles. The van der Waals surface area contributed by atoms with E-state index in [9.17, 15) is 4.79 Å². The van der Waals surface area contributed by atoms with Crippen LogP contribution in [0.3, 0.4) is 0 Å². The van der Waals surface area contributed by atoms with E-state index in [0.29, 0.717) is 37.8 Å². The van der Waals surface area contributed by atoms with Gasteiger partial charge in [-0.15, -0.1) is 0 Å². The standard InChI is InChI=1S/C13H19NO5/c1-9-11(12(15)16)5-10(19-9)6-14-7-13(17-2)3-4-18-8-13/h5,14H,3-4,6-8H2,1-2H3,(H,15,16). The number of nitrogens with one attached hydrogen (secondary N) is 1. The van der Waals surface area contributed by atoms with Crippen molar-refractivity contribution < 1.29 is 23.8 Å². The SMILES string of the molecule is COC1(CNCc2cc(C(=O)O)c(C)o2)CCOC1. The Morgan fingerprint density at radius 1 is 1.63 bits per heavy atom. The average Bonchev–Trinajstić information content (AvgIpc) is 2.97. The van der Waals surface area contributed by atoms with Crippen LogP contribution in [0.2, 0.25) is 0 Å². The van der Waals surface area contributed by atoms with Crippen LogP contribution in [0.25, 0.3) is 0 Å². The van der Waals surface area contributed by atoms with Gasteiger partial charge in [0.25, 0.3) is 0 Å². The Morgan fingerprint density at radius 2 is 2.42 bits per heavy atom. The molecule has 1 unspecified atom stereocenters. The molecule has 1 aliphatic heterocycles. The minimum Gasteiger partial charge on any atom is -0.478 e. The molecule has 1 saturated heterocycles. The van der Waals surface area contributed by atoms with E-state index < -0.39 is 5.97 Å². The molecule has 1 aromatic heterocycles. The number of aryl methyl sites for hydroxylation is 1. The lowest BCUT2D eigenvalue weighted by molar-refractivity contribution is -0.0161. The summed E-state index contributed by atoms with van der Waals surface area (Å²) in [6.45, 7) is 4.05. The monoisotopic (exact) mass is 269 g/mol. The van der Waals surface area contributed by atoms with Gasteiger partial charge in [-0.3, -0.25) is 0 Å². The number of furan rings is 1. The Labute approximate surface area is 111 Å². The topological polar surface area (TPSA) is 80.9 Å². The van der Waals surface area contributed by atoms with Crippen LogP contribution in [0.5, 0.6) is 0 Å². The number of methoxy groups -OCH3 is 1. The van der Waals surface area contributed by atoms with E-state index in [1.807, 2.05) is 0 Å². The largest absolute Gasteiger partial charge is 0.478 e. The quantitative estimate of drug-likeness (QED) is 0.807. The van der Waals surface area contributed by atoms with Gasteiger partial charge in [0.2, 0.25) is 0 Å². The summed E-state index contributed by atoms with van der Waals surface area (Å²) in [6.07, 6.45) is 0.855. The second-order valence-electron chi connectivity index (χ2n) is 4.78. The number of carboxylic acid groups (broad SMARTS) is 1. The lowest BCUT2D eigenvalue weighted by Crippen LogP contribution is -2.42. The van der Waals surface area contributed by atoms with E-state index in [4.69, 9.17) is 19.0 Å². The number of carbonyl (C=O) groups is 1. The van der Waals surface area contributed by atoms with E-state index in [0.717, 1.165) is 6.42 Å². The first-order valence-corrected chi connectivity index (χ1v) is 6.22. The minimum atomic E-state index is -0.968. The van der Waals surface area contributed by atoms with E-state index in [-0.39, 0.29) is 11.2 Å². The number of ether oxygens (including phenoxy) is 2. The molecule has 1 fully saturated rings. The summed E-state index contributed by atoms with van der Waals surface area (Å²) in [5.74, 6) is 0.0695. The van der Waals surface area contributed by atoms with Crippen molar-refractivity contribution in [2.75, 3.05) is 26.9 Å². The zero-order valence-corrected chi connectivity index (χ0v) is 11.2. The van der Waals surface area contributed by atoms with E-state index >= 15 is 0 Å². The number of carboxylic acids is 1. The maximum absolute atomic E-state index is 10.9. The third kappa shape index (κ3) is 3.15. The van der Waals surface area contributed by atoms with Gasteiger partial charge >= 0.3 is 5.97 Å². The molecule has 2 N–H and O–H groups in total. The molecule has 0 saturated carbocycles. The van der Waals surface area contributed by atoms with Gasteiger partial charge in [0.05, 0.1) is 13.2 Å². The second kappa shape index (κ2) is 5.73. The Morgan fingerprint density at radius 3 is 2.95 bits per heavy atom. The number of rotatable bonds is 6. The summed E-state index contributed by atoms with van der Waals surface area (Å²) in [4.78, 5) is 10.9. The van der Waals surface area contributed by atoms with Crippen molar-refractivity contribution in [3.05, 3.63) is 23.2 Å². The molecule has 0 spiro atoms. The van der Waals surface area contributed by atoms with Gasteiger partial charge in [-0.25, -0.2) is 4.79 Å². The van der Waals surface area contributed by atoms with E-state index in [1.165, 1.54) is 0 Å². The summed E-state index contributed by atoms with van der Waals surface area (Å²) < 4.78 is 16.2. The second-order valence-corrected chi connectivity index (χ2v) is 4.78. The summed E-state index contributed by atoms with van der Waals surface area (Å²) in [5, 5.41) is 12.2. The molecule has 2 rings (SSSR count). The highest BCUT2D eigenvalue weighted by Gasteiger charge is 2.34. The number of hydrogen-bond acceptors (Lipinski definition) is 5. The molecule has 2 heterocycles. The molecular weight excluding hydrogens is 250 g/mol. The van der Waals surface area contributed by atoms with Crippen molar-refractivity contribution in [3.8, 4) is 0 Å². The molecule has 0 bridgehead atoms.